The van der Waals surface area contributed by atoms with Gasteiger partial charge in [-0.1, -0.05) is 38.5 Å². The summed E-state index contributed by atoms with van der Waals surface area (Å²) in [4.78, 5) is 0. The van der Waals surface area contributed by atoms with Gasteiger partial charge in [0.25, 0.3) is 0 Å². The number of ether oxygens (including phenoxy) is 1. The van der Waals surface area contributed by atoms with E-state index in [0.717, 1.165) is 19.1 Å². The summed E-state index contributed by atoms with van der Waals surface area (Å²) in [6, 6.07) is 0. The third-order valence-corrected chi connectivity index (χ3v) is 5.06. The van der Waals surface area contributed by atoms with E-state index in [0.29, 0.717) is 0 Å². The number of hydrogen-bond donors (Lipinski definition) is 1. The molecule has 118 valence electrons. The van der Waals surface area contributed by atoms with Crippen LogP contribution in [0.1, 0.15) is 85.0 Å². The van der Waals surface area contributed by atoms with Crippen LogP contribution in [0, 0.1) is 5.92 Å². The van der Waals surface area contributed by atoms with E-state index in [2.05, 4.69) is 26.1 Å². The summed E-state index contributed by atoms with van der Waals surface area (Å²) in [6.45, 7) is 8.81. The average molecular weight is 281 g/mol. The maximum Gasteiger partial charge on any atom is 0.0806 e. The van der Waals surface area contributed by atoms with Crippen LogP contribution < -0.4 is 5.32 Å². The van der Waals surface area contributed by atoms with Crippen LogP contribution in [0.2, 0.25) is 0 Å². The Balaban J connectivity index is 1.90. The second-order valence-corrected chi connectivity index (χ2v) is 8.16. The van der Waals surface area contributed by atoms with Gasteiger partial charge in [-0.3, -0.25) is 0 Å². The van der Waals surface area contributed by atoms with Gasteiger partial charge >= 0.3 is 0 Å². The van der Waals surface area contributed by atoms with Crippen molar-refractivity contribution in [3.05, 3.63) is 0 Å². The lowest BCUT2D eigenvalue weighted by atomic mass is 9.92. The van der Waals surface area contributed by atoms with Crippen LogP contribution in [0.25, 0.3) is 0 Å². The monoisotopic (exact) mass is 281 g/mol. The van der Waals surface area contributed by atoms with Crippen molar-refractivity contribution in [2.24, 2.45) is 5.92 Å². The van der Waals surface area contributed by atoms with Crippen LogP contribution >= 0.6 is 0 Å². The Morgan fingerprint density at radius 1 is 0.950 bits per heavy atom. The third-order valence-electron chi connectivity index (χ3n) is 5.06. The number of hydrogen-bond acceptors (Lipinski definition) is 2. The Morgan fingerprint density at radius 2 is 1.55 bits per heavy atom. The molecule has 0 aliphatic heterocycles. The molecule has 0 amide bonds. The first-order chi connectivity index (χ1) is 9.49. The normalized spacial score (nSPS) is 24.8. The third kappa shape index (κ3) is 5.37. The zero-order valence-electron chi connectivity index (χ0n) is 14.0. The Hall–Kier alpha value is -0.0800. The van der Waals surface area contributed by atoms with E-state index >= 15 is 0 Å². The van der Waals surface area contributed by atoms with E-state index < -0.39 is 0 Å². The van der Waals surface area contributed by atoms with Gasteiger partial charge in [0, 0.05) is 12.1 Å². The van der Waals surface area contributed by atoms with E-state index in [1.54, 1.807) is 0 Å². The molecule has 1 N–H and O–H groups in total. The summed E-state index contributed by atoms with van der Waals surface area (Å²) in [5.41, 5.74) is 0.308. The van der Waals surface area contributed by atoms with Gasteiger partial charge in [0.15, 0.2) is 0 Å². The topological polar surface area (TPSA) is 21.3 Å². The second-order valence-electron chi connectivity index (χ2n) is 8.16. The zero-order valence-corrected chi connectivity index (χ0v) is 14.0. The van der Waals surface area contributed by atoms with Crippen molar-refractivity contribution in [2.75, 3.05) is 13.2 Å². The molecule has 2 heteroatoms. The van der Waals surface area contributed by atoms with Crippen molar-refractivity contribution in [2.45, 2.75) is 96.1 Å². The van der Waals surface area contributed by atoms with Crippen LogP contribution in [-0.4, -0.2) is 24.3 Å². The minimum absolute atomic E-state index is 0.117. The molecule has 0 aromatic carbocycles. The fourth-order valence-electron chi connectivity index (χ4n) is 3.64. The smallest absolute Gasteiger partial charge is 0.0806 e. The summed E-state index contributed by atoms with van der Waals surface area (Å²) in [7, 11) is 0. The first-order valence-electron chi connectivity index (χ1n) is 8.88. The van der Waals surface area contributed by atoms with E-state index in [4.69, 9.17) is 4.74 Å². The fourth-order valence-corrected chi connectivity index (χ4v) is 3.64. The minimum Gasteiger partial charge on any atom is -0.373 e. The van der Waals surface area contributed by atoms with E-state index in [-0.39, 0.29) is 11.1 Å². The summed E-state index contributed by atoms with van der Waals surface area (Å²) in [5, 5.41) is 3.71. The first-order valence-corrected chi connectivity index (χ1v) is 8.88. The molecule has 0 aromatic rings. The number of rotatable bonds is 5. The predicted octanol–water partition coefficient (Wildman–Crippen LogP) is 4.67. The first kappa shape index (κ1) is 16.3. The van der Waals surface area contributed by atoms with Crippen molar-refractivity contribution in [3.63, 3.8) is 0 Å². The standard InChI is InChI=1S/C18H35NO/c1-17(2,3)19-15-18(12-8-4-5-9-13-18)20-14-16-10-6-7-11-16/h16,19H,4-15H2,1-3H3. The van der Waals surface area contributed by atoms with Gasteiger partial charge in [0.2, 0.25) is 0 Å². The van der Waals surface area contributed by atoms with Gasteiger partial charge in [0.1, 0.15) is 0 Å². The van der Waals surface area contributed by atoms with Crippen LogP contribution in [0.15, 0.2) is 0 Å². The lowest BCUT2D eigenvalue weighted by Crippen LogP contribution is -2.49. The molecule has 0 radical (unpaired) electrons. The highest BCUT2D eigenvalue weighted by molar-refractivity contribution is 4.88. The highest BCUT2D eigenvalue weighted by Gasteiger charge is 2.34. The van der Waals surface area contributed by atoms with Gasteiger partial charge in [-0.25, -0.2) is 0 Å². The lowest BCUT2D eigenvalue weighted by Gasteiger charge is -2.37. The van der Waals surface area contributed by atoms with E-state index in [1.165, 1.54) is 64.2 Å². The Kier molecular flexibility index (Phi) is 5.92. The van der Waals surface area contributed by atoms with Crippen LogP contribution in [0.5, 0.6) is 0 Å². The Labute approximate surface area is 126 Å². The summed E-state index contributed by atoms with van der Waals surface area (Å²) in [6.07, 6.45) is 13.6. The molecule has 2 aliphatic carbocycles. The average Bonchev–Trinajstić information content (AvgIpc) is 2.79. The second kappa shape index (κ2) is 7.26. The van der Waals surface area contributed by atoms with E-state index in [1.807, 2.05) is 0 Å². The molecule has 0 spiro atoms. The Bertz CT molecular complexity index is 268. The minimum atomic E-state index is 0.117. The molecule has 0 aromatic heterocycles. The van der Waals surface area contributed by atoms with Gasteiger partial charge in [-0.15, -0.1) is 0 Å². The van der Waals surface area contributed by atoms with Crippen molar-refractivity contribution in [1.82, 2.24) is 5.32 Å². The SMILES string of the molecule is CC(C)(C)NCC1(OCC2CCCC2)CCCCCC1. The molecular formula is C18H35NO. The molecule has 20 heavy (non-hydrogen) atoms. The lowest BCUT2D eigenvalue weighted by molar-refractivity contribution is -0.0713. The molecule has 0 atom stereocenters. The molecule has 0 bridgehead atoms. The molecule has 2 aliphatic rings. The van der Waals surface area contributed by atoms with Crippen molar-refractivity contribution >= 4 is 0 Å². The van der Waals surface area contributed by atoms with Crippen LogP contribution in [-0.2, 0) is 4.74 Å². The maximum absolute atomic E-state index is 6.57. The van der Waals surface area contributed by atoms with Gasteiger partial charge in [-0.05, 0) is 52.4 Å². The molecule has 2 rings (SSSR count). The van der Waals surface area contributed by atoms with Crippen LogP contribution in [0.4, 0.5) is 0 Å². The van der Waals surface area contributed by atoms with Crippen LogP contribution in [0.3, 0.4) is 0 Å². The van der Waals surface area contributed by atoms with Gasteiger partial charge in [0.05, 0.1) is 12.2 Å². The van der Waals surface area contributed by atoms with Gasteiger partial charge in [-0.2, -0.15) is 0 Å². The molecule has 0 unspecified atom stereocenters. The largest absolute Gasteiger partial charge is 0.373 e. The molecule has 2 fully saturated rings. The van der Waals surface area contributed by atoms with Crippen molar-refractivity contribution in [3.8, 4) is 0 Å². The summed E-state index contributed by atoms with van der Waals surface area (Å²) >= 11 is 0. The quantitative estimate of drug-likeness (QED) is 0.739. The molecule has 0 heterocycles. The molecule has 2 saturated carbocycles. The fraction of sp³-hybridized carbons (Fsp3) is 1.00. The van der Waals surface area contributed by atoms with E-state index in [9.17, 15) is 0 Å². The predicted molar refractivity (Wildman–Crippen MR) is 86.1 cm³/mol. The molecule has 2 nitrogen and oxygen atoms in total. The summed E-state index contributed by atoms with van der Waals surface area (Å²) in [5.74, 6) is 0.838. The molecule has 0 saturated heterocycles. The maximum atomic E-state index is 6.57. The number of nitrogens with one attached hydrogen (secondary N) is 1. The summed E-state index contributed by atoms with van der Waals surface area (Å²) < 4.78 is 6.57. The Morgan fingerprint density at radius 3 is 2.10 bits per heavy atom. The van der Waals surface area contributed by atoms with Gasteiger partial charge < -0.3 is 10.1 Å². The highest BCUT2D eigenvalue weighted by atomic mass is 16.5. The van der Waals surface area contributed by atoms with Crippen molar-refractivity contribution < 1.29 is 4.74 Å². The van der Waals surface area contributed by atoms with Crippen molar-refractivity contribution in [1.29, 1.82) is 0 Å². The molecular weight excluding hydrogens is 246 g/mol. The highest BCUT2D eigenvalue weighted by Crippen LogP contribution is 2.33. The zero-order chi connectivity index (χ0) is 14.5.